The number of thiocarbonyl (C=S) groups is 1. The quantitative estimate of drug-likeness (QED) is 0.328. The molecule has 2 aromatic heterocycles. The van der Waals surface area contributed by atoms with E-state index in [1.807, 2.05) is 42.7 Å². The summed E-state index contributed by atoms with van der Waals surface area (Å²) in [5.41, 5.74) is 1.92. The summed E-state index contributed by atoms with van der Waals surface area (Å²) < 4.78 is 17.3. The highest BCUT2D eigenvalue weighted by Gasteiger charge is 2.11. The summed E-state index contributed by atoms with van der Waals surface area (Å²) >= 11 is 15.1. The highest BCUT2D eigenvalue weighted by molar-refractivity contribution is 9.10. The van der Waals surface area contributed by atoms with Gasteiger partial charge in [-0.25, -0.2) is 4.39 Å². The SMILES string of the molecule is Fc1ccc(Cn2ccc(NC(=S)Nc3nn(Cc4ccccc4Cl)cc3Br)n2)cc1. The number of rotatable bonds is 6. The molecule has 2 aromatic carbocycles. The van der Waals surface area contributed by atoms with E-state index in [1.54, 1.807) is 21.5 Å². The van der Waals surface area contributed by atoms with Gasteiger partial charge < -0.3 is 10.6 Å². The Morgan fingerprint density at radius 2 is 1.77 bits per heavy atom. The minimum Gasteiger partial charge on any atom is -0.316 e. The molecule has 158 valence electrons. The standard InChI is InChI=1S/C21H17BrClFN6S/c22-17-13-30(12-15-3-1-2-4-18(15)23)28-20(17)26-21(31)25-19-9-10-29(27-19)11-14-5-7-16(24)8-6-14/h1-10,13H,11-12H2,(H2,25,26,27,28,31). The second kappa shape index (κ2) is 9.59. The van der Waals surface area contributed by atoms with E-state index in [0.717, 1.165) is 15.6 Å². The van der Waals surface area contributed by atoms with Crippen molar-refractivity contribution in [3.8, 4) is 0 Å². The molecule has 0 aliphatic rings. The molecule has 0 atom stereocenters. The van der Waals surface area contributed by atoms with Crippen LogP contribution in [0.3, 0.4) is 0 Å². The summed E-state index contributed by atoms with van der Waals surface area (Å²) in [6, 6.07) is 15.8. The van der Waals surface area contributed by atoms with Crippen LogP contribution in [0.1, 0.15) is 11.1 Å². The van der Waals surface area contributed by atoms with Gasteiger partial charge in [0.1, 0.15) is 5.82 Å². The molecule has 0 saturated carbocycles. The number of benzene rings is 2. The second-order valence-corrected chi connectivity index (χ2v) is 8.39. The molecule has 0 spiro atoms. The summed E-state index contributed by atoms with van der Waals surface area (Å²) in [7, 11) is 0. The molecule has 31 heavy (non-hydrogen) atoms. The number of aromatic nitrogens is 4. The van der Waals surface area contributed by atoms with Crippen LogP contribution in [0.4, 0.5) is 16.0 Å². The van der Waals surface area contributed by atoms with Crippen molar-refractivity contribution in [3.05, 3.63) is 93.4 Å². The van der Waals surface area contributed by atoms with Crippen LogP contribution in [0.2, 0.25) is 5.02 Å². The van der Waals surface area contributed by atoms with Gasteiger partial charge in [0.2, 0.25) is 0 Å². The first kappa shape index (κ1) is 21.5. The van der Waals surface area contributed by atoms with Gasteiger partial charge in [0.05, 0.1) is 17.6 Å². The van der Waals surface area contributed by atoms with E-state index < -0.39 is 0 Å². The van der Waals surface area contributed by atoms with Crippen LogP contribution in [0.5, 0.6) is 0 Å². The van der Waals surface area contributed by atoms with Crippen molar-refractivity contribution < 1.29 is 4.39 Å². The van der Waals surface area contributed by atoms with Gasteiger partial charge in [-0.15, -0.1) is 0 Å². The second-order valence-electron chi connectivity index (χ2n) is 6.72. The maximum atomic E-state index is 13.0. The van der Waals surface area contributed by atoms with E-state index in [1.165, 1.54) is 12.1 Å². The number of hydrogen-bond donors (Lipinski definition) is 2. The van der Waals surface area contributed by atoms with Crippen LogP contribution in [0, 0.1) is 5.82 Å². The third-order valence-electron chi connectivity index (χ3n) is 4.38. The van der Waals surface area contributed by atoms with Gasteiger partial charge in [0.15, 0.2) is 16.7 Å². The van der Waals surface area contributed by atoms with Gasteiger partial charge in [-0.3, -0.25) is 9.36 Å². The van der Waals surface area contributed by atoms with Crippen molar-refractivity contribution in [2.45, 2.75) is 13.1 Å². The summed E-state index contributed by atoms with van der Waals surface area (Å²) in [5.74, 6) is 0.907. The van der Waals surface area contributed by atoms with Crippen LogP contribution >= 0.6 is 39.7 Å². The molecule has 4 rings (SSSR count). The molecule has 2 heterocycles. The lowest BCUT2D eigenvalue weighted by atomic mass is 10.2. The van der Waals surface area contributed by atoms with Crippen molar-refractivity contribution >= 4 is 56.5 Å². The van der Waals surface area contributed by atoms with Gasteiger partial charge in [0.25, 0.3) is 0 Å². The first-order chi connectivity index (χ1) is 15.0. The summed E-state index contributed by atoms with van der Waals surface area (Å²) in [6.45, 7) is 1.06. The third-order valence-corrected chi connectivity index (χ3v) is 5.53. The van der Waals surface area contributed by atoms with Crippen LogP contribution in [0.25, 0.3) is 0 Å². The Labute approximate surface area is 197 Å². The van der Waals surface area contributed by atoms with Crippen LogP contribution in [-0.2, 0) is 13.1 Å². The molecular formula is C21H17BrClFN6S. The molecule has 10 heteroatoms. The lowest BCUT2D eigenvalue weighted by Gasteiger charge is -2.07. The van der Waals surface area contributed by atoms with Crippen molar-refractivity contribution in [3.63, 3.8) is 0 Å². The Morgan fingerprint density at radius 1 is 1.00 bits per heavy atom. The molecule has 0 bridgehead atoms. The van der Waals surface area contributed by atoms with Crippen LogP contribution in [-0.4, -0.2) is 24.7 Å². The maximum absolute atomic E-state index is 13.0. The fraction of sp³-hybridized carbons (Fsp3) is 0.0952. The number of hydrogen-bond acceptors (Lipinski definition) is 3. The number of nitrogens with zero attached hydrogens (tertiary/aromatic N) is 4. The van der Waals surface area contributed by atoms with E-state index in [0.29, 0.717) is 34.9 Å². The van der Waals surface area contributed by atoms with Crippen molar-refractivity contribution in [1.29, 1.82) is 0 Å². The highest BCUT2D eigenvalue weighted by Crippen LogP contribution is 2.23. The van der Waals surface area contributed by atoms with Gasteiger partial charge >= 0.3 is 0 Å². The number of halogens is 3. The van der Waals surface area contributed by atoms with E-state index in [4.69, 9.17) is 23.8 Å². The number of nitrogens with one attached hydrogen (secondary N) is 2. The Balaban J connectivity index is 1.36. The topological polar surface area (TPSA) is 59.7 Å². The van der Waals surface area contributed by atoms with E-state index in [2.05, 4.69) is 36.8 Å². The zero-order valence-corrected chi connectivity index (χ0v) is 19.3. The average Bonchev–Trinajstić information content (AvgIpc) is 3.31. The van der Waals surface area contributed by atoms with Gasteiger partial charge in [-0.1, -0.05) is 41.9 Å². The zero-order chi connectivity index (χ0) is 21.8. The predicted molar refractivity (Wildman–Crippen MR) is 128 cm³/mol. The predicted octanol–water partition coefficient (Wildman–Crippen LogP) is 5.54. The summed E-state index contributed by atoms with van der Waals surface area (Å²) in [6.07, 6.45) is 3.67. The summed E-state index contributed by atoms with van der Waals surface area (Å²) in [4.78, 5) is 0. The molecule has 0 amide bonds. The smallest absolute Gasteiger partial charge is 0.177 e. The first-order valence-electron chi connectivity index (χ1n) is 9.28. The zero-order valence-electron chi connectivity index (χ0n) is 16.1. The summed E-state index contributed by atoms with van der Waals surface area (Å²) in [5, 5.41) is 16.1. The normalized spacial score (nSPS) is 10.8. The van der Waals surface area contributed by atoms with Crippen LogP contribution < -0.4 is 10.6 Å². The van der Waals surface area contributed by atoms with E-state index in [9.17, 15) is 4.39 Å². The highest BCUT2D eigenvalue weighted by atomic mass is 79.9. The largest absolute Gasteiger partial charge is 0.316 e. The van der Waals surface area contributed by atoms with Crippen molar-refractivity contribution in [2.75, 3.05) is 10.6 Å². The lowest BCUT2D eigenvalue weighted by Crippen LogP contribution is -2.20. The third kappa shape index (κ3) is 5.69. The Morgan fingerprint density at radius 3 is 2.55 bits per heavy atom. The van der Waals surface area contributed by atoms with Gasteiger partial charge in [0, 0.05) is 23.5 Å². The molecule has 0 aliphatic heterocycles. The molecule has 0 saturated heterocycles. The fourth-order valence-corrected chi connectivity index (χ4v) is 3.72. The van der Waals surface area contributed by atoms with E-state index >= 15 is 0 Å². The Hall–Kier alpha value is -2.75. The molecule has 2 N–H and O–H groups in total. The number of anilines is 2. The minimum atomic E-state index is -0.261. The molecule has 0 aliphatic carbocycles. The maximum Gasteiger partial charge on any atom is 0.177 e. The lowest BCUT2D eigenvalue weighted by molar-refractivity contribution is 0.624. The first-order valence-corrected chi connectivity index (χ1v) is 10.9. The molecule has 0 radical (unpaired) electrons. The molecular weight excluding hydrogens is 503 g/mol. The molecule has 0 fully saturated rings. The Kier molecular flexibility index (Phi) is 6.64. The fourth-order valence-electron chi connectivity index (χ4n) is 2.91. The monoisotopic (exact) mass is 518 g/mol. The molecule has 4 aromatic rings. The average molecular weight is 520 g/mol. The van der Waals surface area contributed by atoms with Gasteiger partial charge in [-0.2, -0.15) is 10.2 Å². The minimum absolute atomic E-state index is 0.261. The van der Waals surface area contributed by atoms with Crippen molar-refractivity contribution in [2.24, 2.45) is 0 Å². The van der Waals surface area contributed by atoms with Crippen molar-refractivity contribution in [1.82, 2.24) is 19.6 Å². The Bertz CT molecular complexity index is 1210. The van der Waals surface area contributed by atoms with Crippen LogP contribution in [0.15, 0.2) is 71.5 Å². The molecule has 6 nitrogen and oxygen atoms in total. The van der Waals surface area contributed by atoms with Gasteiger partial charge in [-0.05, 0) is 57.5 Å². The van der Waals surface area contributed by atoms with E-state index in [-0.39, 0.29) is 5.82 Å². The molecule has 0 unspecified atom stereocenters.